The molecular formula is C29H24FN5O3. The number of benzene rings is 2. The average Bonchev–Trinajstić information content (AvgIpc) is 3.43. The number of rotatable bonds is 3. The number of aromatic nitrogens is 4. The van der Waals surface area contributed by atoms with Gasteiger partial charge in [0.05, 0.1) is 12.6 Å². The maximum absolute atomic E-state index is 13.8. The van der Waals surface area contributed by atoms with Gasteiger partial charge in [0.15, 0.2) is 17.2 Å². The van der Waals surface area contributed by atoms with E-state index >= 15 is 0 Å². The van der Waals surface area contributed by atoms with Crippen molar-refractivity contribution in [3.05, 3.63) is 82.5 Å². The monoisotopic (exact) mass is 509 g/mol. The highest BCUT2D eigenvalue weighted by Gasteiger charge is 2.44. The zero-order chi connectivity index (χ0) is 26.0. The lowest BCUT2D eigenvalue weighted by atomic mass is 9.71. The predicted molar refractivity (Wildman–Crippen MR) is 138 cm³/mol. The first-order chi connectivity index (χ1) is 18.5. The predicted octanol–water partition coefficient (Wildman–Crippen LogP) is 5.04. The molecule has 9 heteroatoms. The third kappa shape index (κ3) is 3.31. The number of anilines is 1. The molecule has 8 nitrogen and oxygen atoms in total. The minimum atomic E-state index is -0.582. The molecule has 38 heavy (non-hydrogen) atoms. The number of methoxy groups -OCH3 is 1. The number of fused-ring (bicyclic) bond motifs is 3. The Hall–Kier alpha value is -4.40. The van der Waals surface area contributed by atoms with E-state index in [2.05, 4.69) is 15.5 Å². The summed E-state index contributed by atoms with van der Waals surface area (Å²) in [6.45, 7) is 0. The van der Waals surface area contributed by atoms with Gasteiger partial charge >= 0.3 is 0 Å². The van der Waals surface area contributed by atoms with Crippen LogP contribution in [0.2, 0.25) is 0 Å². The SMILES string of the molecule is COc1ccc2c(c1)cc(C1C3=C(CCCC3=O)N(c3ccc(F)cc3)C3=C1C(=O)CCC3)c1nnnn12. The minimum absolute atomic E-state index is 0.0182. The molecule has 3 aliphatic rings. The zero-order valence-electron chi connectivity index (χ0n) is 20.8. The van der Waals surface area contributed by atoms with Crippen molar-refractivity contribution in [3.8, 4) is 5.75 Å². The number of nitrogens with zero attached hydrogens (tertiary/aromatic N) is 5. The minimum Gasteiger partial charge on any atom is -0.497 e. The molecule has 7 rings (SSSR count). The van der Waals surface area contributed by atoms with Crippen molar-refractivity contribution in [2.45, 2.75) is 44.4 Å². The van der Waals surface area contributed by atoms with Crippen molar-refractivity contribution < 1.29 is 18.7 Å². The number of ether oxygens (including phenoxy) is 1. The molecule has 0 N–H and O–H groups in total. The molecule has 2 aromatic carbocycles. The third-order valence-electron chi connectivity index (χ3n) is 7.87. The van der Waals surface area contributed by atoms with Crippen molar-refractivity contribution in [2.75, 3.05) is 12.0 Å². The Bertz CT molecular complexity index is 1680. The molecule has 0 saturated carbocycles. The third-order valence-corrected chi connectivity index (χ3v) is 7.87. The van der Waals surface area contributed by atoms with Crippen LogP contribution in [0.15, 0.2) is 71.1 Å². The first-order valence-corrected chi connectivity index (χ1v) is 12.8. The molecule has 1 aliphatic heterocycles. The van der Waals surface area contributed by atoms with E-state index in [1.807, 2.05) is 29.2 Å². The van der Waals surface area contributed by atoms with Gasteiger partial charge in [0.1, 0.15) is 11.6 Å². The van der Waals surface area contributed by atoms with E-state index in [1.165, 1.54) is 12.1 Å². The van der Waals surface area contributed by atoms with Crippen LogP contribution in [0.3, 0.4) is 0 Å². The van der Waals surface area contributed by atoms with E-state index < -0.39 is 5.92 Å². The van der Waals surface area contributed by atoms with Gasteiger partial charge in [-0.05, 0) is 84.6 Å². The smallest absolute Gasteiger partial charge is 0.184 e. The van der Waals surface area contributed by atoms with Crippen LogP contribution >= 0.6 is 0 Å². The standard InChI is InChI=1S/C29H24FN5O3/c1-38-19-12-13-21-16(14-19)15-20(29-31-32-33-35(21)29)26-27-22(4-2-6-24(27)36)34(18-10-8-17(30)9-11-18)23-5-3-7-25(37)28(23)26/h8-15,26H,2-7H2,1H3. The normalized spacial score (nSPS) is 18.4. The summed E-state index contributed by atoms with van der Waals surface area (Å²) in [6, 6.07) is 13.9. The first kappa shape index (κ1) is 22.8. The van der Waals surface area contributed by atoms with Gasteiger partial charge in [0.2, 0.25) is 0 Å². The van der Waals surface area contributed by atoms with Crippen LogP contribution in [0.1, 0.15) is 50.0 Å². The largest absolute Gasteiger partial charge is 0.497 e. The van der Waals surface area contributed by atoms with E-state index in [-0.39, 0.29) is 17.4 Å². The van der Waals surface area contributed by atoms with Crippen LogP contribution in [0.5, 0.6) is 5.75 Å². The van der Waals surface area contributed by atoms with Gasteiger partial charge in [-0.25, -0.2) is 4.39 Å². The lowest BCUT2D eigenvalue weighted by Crippen LogP contribution is -2.39. The van der Waals surface area contributed by atoms with Gasteiger partial charge in [-0.3, -0.25) is 9.59 Å². The maximum Gasteiger partial charge on any atom is 0.184 e. The fourth-order valence-corrected chi connectivity index (χ4v) is 6.28. The number of ketones is 2. The van der Waals surface area contributed by atoms with Crippen molar-refractivity contribution in [3.63, 3.8) is 0 Å². The molecule has 0 saturated heterocycles. The lowest BCUT2D eigenvalue weighted by molar-refractivity contribution is -0.116. The van der Waals surface area contributed by atoms with Crippen LogP contribution in [0, 0.1) is 5.82 Å². The Balaban J connectivity index is 1.55. The molecule has 4 aromatic rings. The molecule has 0 amide bonds. The summed E-state index contributed by atoms with van der Waals surface area (Å²) in [6.07, 6.45) is 3.62. The van der Waals surface area contributed by atoms with Crippen molar-refractivity contribution in [1.82, 2.24) is 20.0 Å². The van der Waals surface area contributed by atoms with Gasteiger partial charge in [0, 0.05) is 57.9 Å². The molecule has 190 valence electrons. The summed E-state index contributed by atoms with van der Waals surface area (Å²) < 4.78 is 21.0. The summed E-state index contributed by atoms with van der Waals surface area (Å²) in [5, 5.41) is 13.4. The van der Waals surface area contributed by atoms with E-state index in [1.54, 1.807) is 23.8 Å². The Morgan fingerprint density at radius 2 is 1.58 bits per heavy atom. The molecule has 2 aromatic heterocycles. The number of hydrogen-bond donors (Lipinski definition) is 0. The van der Waals surface area contributed by atoms with Gasteiger partial charge in [-0.15, -0.1) is 5.10 Å². The van der Waals surface area contributed by atoms with Crippen LogP contribution in [-0.2, 0) is 9.59 Å². The molecule has 2 aliphatic carbocycles. The Labute approximate surface area is 217 Å². The number of halogens is 1. The van der Waals surface area contributed by atoms with Crippen molar-refractivity contribution in [2.24, 2.45) is 0 Å². The lowest BCUT2D eigenvalue weighted by Gasteiger charge is -2.43. The highest BCUT2D eigenvalue weighted by molar-refractivity contribution is 6.08. The number of tetrazole rings is 1. The van der Waals surface area contributed by atoms with Crippen molar-refractivity contribution >= 4 is 33.8 Å². The zero-order valence-corrected chi connectivity index (χ0v) is 20.8. The fourth-order valence-electron chi connectivity index (χ4n) is 6.28. The average molecular weight is 510 g/mol. The second-order valence-electron chi connectivity index (χ2n) is 9.96. The number of carbonyl (C=O) groups excluding carboxylic acids is 2. The van der Waals surface area contributed by atoms with E-state index in [0.717, 1.165) is 46.4 Å². The van der Waals surface area contributed by atoms with Crippen LogP contribution in [0.25, 0.3) is 16.6 Å². The first-order valence-electron chi connectivity index (χ1n) is 12.8. The highest BCUT2D eigenvalue weighted by Crippen LogP contribution is 2.51. The molecule has 3 heterocycles. The van der Waals surface area contributed by atoms with Gasteiger partial charge in [-0.1, -0.05) is 0 Å². The Morgan fingerprint density at radius 3 is 2.24 bits per heavy atom. The quantitative estimate of drug-likeness (QED) is 0.382. The summed E-state index contributed by atoms with van der Waals surface area (Å²) in [7, 11) is 1.61. The van der Waals surface area contributed by atoms with Crippen LogP contribution in [-0.4, -0.2) is 38.7 Å². The van der Waals surface area contributed by atoms with Crippen LogP contribution < -0.4 is 9.64 Å². The van der Waals surface area contributed by atoms with Gasteiger partial charge in [-0.2, -0.15) is 4.52 Å². The molecule has 0 bridgehead atoms. The summed E-state index contributed by atoms with van der Waals surface area (Å²) in [5.74, 6) is -0.195. The van der Waals surface area contributed by atoms with E-state index in [0.29, 0.717) is 48.2 Å². The van der Waals surface area contributed by atoms with Crippen LogP contribution in [0.4, 0.5) is 10.1 Å². The number of pyridine rings is 1. The second kappa shape index (κ2) is 8.58. The number of Topliss-reactive ketones (excluding diaryl/α,β-unsaturated/α-hetero) is 2. The summed E-state index contributed by atoms with van der Waals surface area (Å²) in [5.41, 5.74) is 5.77. The molecule has 0 spiro atoms. The Morgan fingerprint density at radius 1 is 0.895 bits per heavy atom. The molecule has 0 radical (unpaired) electrons. The molecular weight excluding hydrogens is 485 g/mol. The topological polar surface area (TPSA) is 89.7 Å². The number of hydrogen-bond acceptors (Lipinski definition) is 7. The Kier molecular flexibility index (Phi) is 5.14. The summed E-state index contributed by atoms with van der Waals surface area (Å²) >= 11 is 0. The van der Waals surface area contributed by atoms with Crippen molar-refractivity contribution in [1.29, 1.82) is 0 Å². The number of carbonyl (C=O) groups is 2. The highest BCUT2D eigenvalue weighted by atomic mass is 19.1. The summed E-state index contributed by atoms with van der Waals surface area (Å²) in [4.78, 5) is 29.5. The van der Waals surface area contributed by atoms with E-state index in [9.17, 15) is 14.0 Å². The number of allylic oxidation sites excluding steroid dienone is 4. The maximum atomic E-state index is 13.8. The van der Waals surface area contributed by atoms with E-state index in [4.69, 9.17) is 4.74 Å². The second-order valence-corrected chi connectivity index (χ2v) is 9.96. The van der Waals surface area contributed by atoms with Gasteiger partial charge < -0.3 is 9.64 Å². The molecule has 0 fully saturated rings. The fraction of sp³-hybridized carbons (Fsp3) is 0.276. The molecule has 0 unspecified atom stereocenters. The van der Waals surface area contributed by atoms with Gasteiger partial charge in [0.25, 0.3) is 0 Å². The molecule has 0 atom stereocenters.